The number of furan rings is 1. The summed E-state index contributed by atoms with van der Waals surface area (Å²) >= 11 is 0. The quantitative estimate of drug-likeness (QED) is 0.730. The SMILES string of the molecule is Cc1nc(-c2c(C)oc3ccccc23)[nH]c(=O)c1F. The predicted octanol–water partition coefficient (Wildman–Crippen LogP) is 2.94. The van der Waals surface area contributed by atoms with Crippen LogP contribution in [0.15, 0.2) is 33.5 Å². The summed E-state index contributed by atoms with van der Waals surface area (Å²) in [5.41, 5.74) is 0.700. The molecule has 19 heavy (non-hydrogen) atoms. The Morgan fingerprint density at radius 3 is 2.74 bits per heavy atom. The molecule has 0 aliphatic carbocycles. The van der Waals surface area contributed by atoms with Crippen LogP contribution in [0, 0.1) is 19.7 Å². The normalized spacial score (nSPS) is 11.1. The van der Waals surface area contributed by atoms with Crippen LogP contribution in [-0.2, 0) is 0 Å². The molecule has 1 N–H and O–H groups in total. The van der Waals surface area contributed by atoms with E-state index in [0.717, 1.165) is 5.39 Å². The number of rotatable bonds is 1. The minimum absolute atomic E-state index is 0.0726. The number of nitrogens with zero attached hydrogens (tertiary/aromatic N) is 1. The molecule has 3 rings (SSSR count). The highest BCUT2D eigenvalue weighted by molar-refractivity contribution is 5.93. The van der Waals surface area contributed by atoms with Crippen molar-refractivity contribution < 1.29 is 8.81 Å². The molecule has 0 saturated heterocycles. The number of aromatic nitrogens is 2. The molecular weight excluding hydrogens is 247 g/mol. The van der Waals surface area contributed by atoms with Crippen LogP contribution in [0.3, 0.4) is 0 Å². The summed E-state index contributed by atoms with van der Waals surface area (Å²) in [6.07, 6.45) is 0. The number of aromatic amines is 1. The molecule has 0 amide bonds. The maximum atomic E-state index is 13.3. The lowest BCUT2D eigenvalue weighted by atomic mass is 10.1. The fraction of sp³-hybridized carbons (Fsp3) is 0.143. The van der Waals surface area contributed by atoms with Crippen molar-refractivity contribution in [3.63, 3.8) is 0 Å². The summed E-state index contributed by atoms with van der Waals surface area (Å²) in [5.74, 6) is 0.107. The van der Waals surface area contributed by atoms with Crippen LogP contribution >= 0.6 is 0 Å². The van der Waals surface area contributed by atoms with E-state index in [2.05, 4.69) is 9.97 Å². The highest BCUT2D eigenvalue weighted by Gasteiger charge is 2.16. The molecule has 0 aliphatic heterocycles. The maximum Gasteiger partial charge on any atom is 0.287 e. The zero-order valence-electron chi connectivity index (χ0n) is 10.5. The van der Waals surface area contributed by atoms with E-state index >= 15 is 0 Å². The predicted molar refractivity (Wildman–Crippen MR) is 69.5 cm³/mol. The number of fused-ring (bicyclic) bond motifs is 1. The minimum atomic E-state index is -0.853. The van der Waals surface area contributed by atoms with Gasteiger partial charge in [-0.3, -0.25) is 4.79 Å². The average molecular weight is 258 g/mol. The molecule has 4 nitrogen and oxygen atoms in total. The van der Waals surface area contributed by atoms with Gasteiger partial charge in [-0.05, 0) is 19.9 Å². The minimum Gasteiger partial charge on any atom is -0.461 e. The van der Waals surface area contributed by atoms with E-state index in [1.54, 1.807) is 6.92 Å². The molecule has 0 unspecified atom stereocenters. The van der Waals surface area contributed by atoms with Crippen LogP contribution in [0.1, 0.15) is 11.5 Å². The van der Waals surface area contributed by atoms with Gasteiger partial charge >= 0.3 is 0 Å². The summed E-state index contributed by atoms with van der Waals surface area (Å²) in [7, 11) is 0. The van der Waals surface area contributed by atoms with Gasteiger partial charge < -0.3 is 9.40 Å². The summed E-state index contributed by atoms with van der Waals surface area (Å²) in [5, 5.41) is 0.842. The van der Waals surface area contributed by atoms with Gasteiger partial charge in [-0.1, -0.05) is 18.2 Å². The summed E-state index contributed by atoms with van der Waals surface area (Å²) in [6, 6.07) is 7.44. The lowest BCUT2D eigenvalue weighted by molar-refractivity contribution is 0.577. The lowest BCUT2D eigenvalue weighted by Gasteiger charge is -2.02. The summed E-state index contributed by atoms with van der Waals surface area (Å²) < 4.78 is 18.9. The first-order valence-electron chi connectivity index (χ1n) is 5.83. The van der Waals surface area contributed by atoms with Gasteiger partial charge in [0.1, 0.15) is 17.2 Å². The Hall–Kier alpha value is -2.43. The number of nitrogens with one attached hydrogen (secondary N) is 1. The van der Waals surface area contributed by atoms with Crippen LogP contribution in [0.2, 0.25) is 0 Å². The van der Waals surface area contributed by atoms with Gasteiger partial charge in [-0.25, -0.2) is 4.98 Å². The standard InChI is InChI=1S/C14H11FN2O2/c1-7-12(15)14(18)17-13(16-7)11-8(2)19-10-6-4-3-5-9(10)11/h3-6H,1-2H3,(H,16,17,18). The first-order valence-corrected chi connectivity index (χ1v) is 5.83. The van der Waals surface area contributed by atoms with Crippen molar-refractivity contribution in [3.05, 3.63) is 51.9 Å². The number of H-pyrrole nitrogens is 1. The number of hydrogen-bond donors (Lipinski definition) is 1. The van der Waals surface area contributed by atoms with Crippen LogP contribution in [0.5, 0.6) is 0 Å². The Morgan fingerprint density at radius 1 is 1.26 bits per heavy atom. The number of para-hydroxylation sites is 1. The van der Waals surface area contributed by atoms with Crippen molar-refractivity contribution in [3.8, 4) is 11.4 Å². The number of benzene rings is 1. The van der Waals surface area contributed by atoms with Crippen molar-refractivity contribution in [2.45, 2.75) is 13.8 Å². The van der Waals surface area contributed by atoms with Gasteiger partial charge in [-0.15, -0.1) is 0 Å². The maximum absolute atomic E-state index is 13.3. The molecule has 0 spiro atoms. The highest BCUT2D eigenvalue weighted by Crippen LogP contribution is 2.31. The summed E-state index contributed by atoms with van der Waals surface area (Å²) in [4.78, 5) is 18.0. The number of halogens is 1. The van der Waals surface area contributed by atoms with Gasteiger partial charge in [0.05, 0.1) is 11.3 Å². The first kappa shape index (κ1) is 11.6. The third-order valence-electron chi connectivity index (χ3n) is 3.04. The summed E-state index contributed by atoms with van der Waals surface area (Å²) in [6.45, 7) is 3.25. The van der Waals surface area contributed by atoms with Crippen molar-refractivity contribution in [2.75, 3.05) is 0 Å². The van der Waals surface area contributed by atoms with Gasteiger partial charge in [0, 0.05) is 5.39 Å². The van der Waals surface area contributed by atoms with Gasteiger partial charge in [0.25, 0.3) is 5.56 Å². The van der Waals surface area contributed by atoms with Crippen molar-refractivity contribution in [1.29, 1.82) is 0 Å². The van der Waals surface area contributed by atoms with Crippen LogP contribution < -0.4 is 5.56 Å². The molecule has 2 aromatic heterocycles. The van der Waals surface area contributed by atoms with E-state index in [1.165, 1.54) is 6.92 Å². The lowest BCUT2D eigenvalue weighted by Crippen LogP contribution is -2.15. The van der Waals surface area contributed by atoms with E-state index in [4.69, 9.17) is 4.42 Å². The molecule has 5 heteroatoms. The largest absolute Gasteiger partial charge is 0.461 e. The molecule has 1 aromatic carbocycles. The average Bonchev–Trinajstić information content (AvgIpc) is 2.71. The van der Waals surface area contributed by atoms with Gasteiger partial charge in [0.15, 0.2) is 0 Å². The van der Waals surface area contributed by atoms with Crippen molar-refractivity contribution in [2.24, 2.45) is 0 Å². The van der Waals surface area contributed by atoms with Crippen molar-refractivity contribution >= 4 is 11.0 Å². The second kappa shape index (κ2) is 4.05. The van der Waals surface area contributed by atoms with E-state index < -0.39 is 11.4 Å². The van der Waals surface area contributed by atoms with E-state index in [0.29, 0.717) is 22.7 Å². The third-order valence-corrected chi connectivity index (χ3v) is 3.04. The smallest absolute Gasteiger partial charge is 0.287 e. The number of hydrogen-bond acceptors (Lipinski definition) is 3. The molecular formula is C14H11FN2O2. The topological polar surface area (TPSA) is 58.9 Å². The monoisotopic (exact) mass is 258 g/mol. The Balaban J connectivity index is 2.36. The second-order valence-electron chi connectivity index (χ2n) is 4.34. The molecule has 0 bridgehead atoms. The second-order valence-corrected chi connectivity index (χ2v) is 4.34. The van der Waals surface area contributed by atoms with Crippen LogP contribution in [0.25, 0.3) is 22.4 Å². The van der Waals surface area contributed by atoms with E-state index in [9.17, 15) is 9.18 Å². The Labute approximate surface area is 107 Å². The van der Waals surface area contributed by atoms with E-state index in [-0.39, 0.29) is 5.69 Å². The van der Waals surface area contributed by atoms with Gasteiger partial charge in [-0.2, -0.15) is 4.39 Å². The zero-order valence-corrected chi connectivity index (χ0v) is 10.5. The Bertz CT molecular complexity index is 833. The molecule has 0 saturated carbocycles. The van der Waals surface area contributed by atoms with E-state index in [1.807, 2.05) is 24.3 Å². The molecule has 0 radical (unpaired) electrons. The van der Waals surface area contributed by atoms with Crippen LogP contribution in [0.4, 0.5) is 4.39 Å². The molecule has 0 aliphatic rings. The zero-order chi connectivity index (χ0) is 13.6. The Morgan fingerprint density at radius 2 is 2.00 bits per heavy atom. The fourth-order valence-corrected chi connectivity index (χ4v) is 2.15. The first-order chi connectivity index (χ1) is 9.08. The van der Waals surface area contributed by atoms with Crippen molar-refractivity contribution in [1.82, 2.24) is 9.97 Å². The molecule has 0 fully saturated rings. The van der Waals surface area contributed by atoms with Gasteiger partial charge in [0.2, 0.25) is 5.82 Å². The van der Waals surface area contributed by atoms with Crippen LogP contribution in [-0.4, -0.2) is 9.97 Å². The fourth-order valence-electron chi connectivity index (χ4n) is 2.15. The molecule has 3 aromatic rings. The molecule has 2 heterocycles. The molecule has 96 valence electrons. The highest BCUT2D eigenvalue weighted by atomic mass is 19.1. The molecule has 0 atom stereocenters. The Kier molecular flexibility index (Phi) is 2.48. The number of aryl methyl sites for hydroxylation is 2. The third kappa shape index (κ3) is 1.74.